The highest BCUT2D eigenvalue weighted by Crippen LogP contribution is 2.25. The van der Waals surface area contributed by atoms with Gasteiger partial charge in [0, 0.05) is 24.0 Å². The molecule has 3 aromatic heterocycles. The van der Waals surface area contributed by atoms with Crippen molar-refractivity contribution in [1.82, 2.24) is 25.1 Å². The Morgan fingerprint density at radius 3 is 2.92 bits per heavy atom. The molecule has 3 aromatic rings. The first-order valence-corrected chi connectivity index (χ1v) is 9.02. The molecule has 1 amide bonds. The molecule has 0 bridgehead atoms. The van der Waals surface area contributed by atoms with E-state index in [-0.39, 0.29) is 11.5 Å². The summed E-state index contributed by atoms with van der Waals surface area (Å²) in [6, 6.07) is -0.468. The average Bonchev–Trinajstić information content (AvgIpc) is 3.11. The summed E-state index contributed by atoms with van der Waals surface area (Å²) < 4.78 is 1.50. The molecular formula is C16H18ClN5O2S. The van der Waals surface area contributed by atoms with Crippen LogP contribution in [0.3, 0.4) is 0 Å². The number of thiophene rings is 1. The maximum atomic E-state index is 12.2. The summed E-state index contributed by atoms with van der Waals surface area (Å²) in [7, 11) is 0. The number of aromatic amines is 1. The first kappa shape index (κ1) is 17.6. The zero-order chi connectivity index (χ0) is 18.1. The average molecular weight is 380 g/mol. The molecular weight excluding hydrogens is 362 g/mol. The number of nitrogens with one attached hydrogen (secondary N) is 2. The lowest BCUT2D eigenvalue weighted by Gasteiger charge is -2.12. The lowest BCUT2D eigenvalue weighted by molar-refractivity contribution is -0.124. The summed E-state index contributed by atoms with van der Waals surface area (Å²) in [6.45, 7) is 6.01. The van der Waals surface area contributed by atoms with E-state index in [1.807, 2.05) is 13.8 Å². The third kappa shape index (κ3) is 3.59. The summed E-state index contributed by atoms with van der Waals surface area (Å²) in [5, 5.41) is 7.98. The van der Waals surface area contributed by atoms with Crippen LogP contribution in [-0.2, 0) is 11.2 Å². The van der Waals surface area contributed by atoms with Crippen LogP contribution in [0.15, 0.2) is 17.2 Å². The van der Waals surface area contributed by atoms with Crippen LogP contribution < -0.4 is 10.9 Å². The van der Waals surface area contributed by atoms with Gasteiger partial charge in [0.15, 0.2) is 0 Å². The van der Waals surface area contributed by atoms with Crippen molar-refractivity contribution < 1.29 is 4.79 Å². The lowest BCUT2D eigenvalue weighted by Crippen LogP contribution is -2.33. The second-order valence-electron chi connectivity index (χ2n) is 5.83. The second-order valence-corrected chi connectivity index (χ2v) is 7.47. The quantitative estimate of drug-likeness (QED) is 0.711. The van der Waals surface area contributed by atoms with Crippen molar-refractivity contribution in [2.45, 2.75) is 33.2 Å². The number of nitrogens with zero attached hydrogens (tertiary/aromatic N) is 3. The third-order valence-electron chi connectivity index (χ3n) is 4.10. The number of hydrogen-bond acceptors (Lipinski definition) is 5. The zero-order valence-corrected chi connectivity index (χ0v) is 15.7. The minimum Gasteiger partial charge on any atom is -0.354 e. The predicted octanol–water partition coefficient (Wildman–Crippen LogP) is 2.37. The van der Waals surface area contributed by atoms with Crippen LogP contribution in [0.4, 0.5) is 0 Å². The number of amides is 1. The normalized spacial score (nSPS) is 12.5. The Labute approximate surface area is 153 Å². The first-order valence-electron chi connectivity index (χ1n) is 7.83. The first-order chi connectivity index (χ1) is 11.9. The molecule has 2 N–H and O–H groups in total. The lowest BCUT2D eigenvalue weighted by atomic mass is 10.2. The Morgan fingerprint density at radius 1 is 1.48 bits per heavy atom. The fourth-order valence-corrected chi connectivity index (χ4v) is 3.71. The van der Waals surface area contributed by atoms with E-state index in [9.17, 15) is 9.59 Å². The standard InChI is InChI=1S/C16H18ClN5O2S/c1-8-10(3)25-16-13(8)15(24)20-12(21-16)4-5-18-14(23)9(2)22-7-11(17)6-19-22/h6-7,9H,4-5H2,1-3H3,(H,18,23)(H,20,21,24). The molecule has 0 aliphatic rings. The van der Waals surface area contributed by atoms with E-state index < -0.39 is 6.04 Å². The summed E-state index contributed by atoms with van der Waals surface area (Å²) in [5.41, 5.74) is 0.841. The van der Waals surface area contributed by atoms with Gasteiger partial charge in [0.2, 0.25) is 5.91 Å². The monoisotopic (exact) mass is 379 g/mol. The van der Waals surface area contributed by atoms with Crippen LogP contribution in [0.1, 0.15) is 29.2 Å². The Morgan fingerprint density at radius 2 is 2.24 bits per heavy atom. The summed E-state index contributed by atoms with van der Waals surface area (Å²) in [5.74, 6) is 0.389. The molecule has 0 aliphatic carbocycles. The summed E-state index contributed by atoms with van der Waals surface area (Å²) in [6.07, 6.45) is 3.53. The van der Waals surface area contributed by atoms with Gasteiger partial charge in [-0.3, -0.25) is 14.3 Å². The molecule has 1 atom stereocenters. The van der Waals surface area contributed by atoms with Crippen molar-refractivity contribution in [3.63, 3.8) is 0 Å². The number of carbonyl (C=O) groups excluding carboxylic acids is 1. The van der Waals surface area contributed by atoms with Gasteiger partial charge in [-0.25, -0.2) is 4.98 Å². The Kier molecular flexibility index (Phi) is 4.91. The molecule has 3 rings (SSSR count). The van der Waals surface area contributed by atoms with Crippen LogP contribution in [-0.4, -0.2) is 32.2 Å². The molecule has 1 unspecified atom stereocenters. The van der Waals surface area contributed by atoms with Crippen LogP contribution in [0.25, 0.3) is 10.2 Å². The van der Waals surface area contributed by atoms with E-state index in [2.05, 4.69) is 20.4 Å². The fourth-order valence-electron chi connectivity index (χ4n) is 2.52. The van der Waals surface area contributed by atoms with Gasteiger partial charge in [-0.2, -0.15) is 5.10 Å². The number of halogens is 1. The number of H-pyrrole nitrogens is 1. The van der Waals surface area contributed by atoms with Crippen molar-refractivity contribution in [3.05, 3.63) is 44.0 Å². The molecule has 0 aliphatic heterocycles. The van der Waals surface area contributed by atoms with Crippen LogP contribution in [0.2, 0.25) is 5.02 Å². The van der Waals surface area contributed by atoms with E-state index >= 15 is 0 Å². The molecule has 0 radical (unpaired) electrons. The molecule has 3 heterocycles. The minimum atomic E-state index is -0.468. The van der Waals surface area contributed by atoms with E-state index in [1.54, 1.807) is 13.1 Å². The van der Waals surface area contributed by atoms with Gasteiger partial charge in [0.05, 0.1) is 16.6 Å². The maximum Gasteiger partial charge on any atom is 0.259 e. The molecule has 0 aromatic carbocycles. The van der Waals surface area contributed by atoms with Gasteiger partial charge in [-0.1, -0.05) is 11.6 Å². The Hall–Kier alpha value is -2.19. The van der Waals surface area contributed by atoms with Gasteiger partial charge >= 0.3 is 0 Å². The maximum absolute atomic E-state index is 12.2. The number of fused-ring (bicyclic) bond motifs is 1. The SMILES string of the molecule is Cc1sc2nc(CCNC(=O)C(C)n3cc(Cl)cn3)[nH]c(=O)c2c1C. The smallest absolute Gasteiger partial charge is 0.259 e. The van der Waals surface area contributed by atoms with Crippen LogP contribution in [0, 0.1) is 13.8 Å². The van der Waals surface area contributed by atoms with Crippen molar-refractivity contribution in [2.24, 2.45) is 0 Å². The highest BCUT2D eigenvalue weighted by Gasteiger charge is 2.16. The topological polar surface area (TPSA) is 92.7 Å². The summed E-state index contributed by atoms with van der Waals surface area (Å²) in [4.78, 5) is 33.5. The van der Waals surface area contributed by atoms with Gasteiger partial charge in [0.1, 0.15) is 16.7 Å². The molecule has 0 spiro atoms. The van der Waals surface area contributed by atoms with E-state index in [0.29, 0.717) is 29.2 Å². The van der Waals surface area contributed by atoms with E-state index in [4.69, 9.17) is 11.6 Å². The number of hydrogen-bond donors (Lipinski definition) is 2. The van der Waals surface area contributed by atoms with Crippen molar-refractivity contribution in [1.29, 1.82) is 0 Å². The number of aromatic nitrogens is 4. The molecule has 0 saturated carbocycles. The number of rotatable bonds is 5. The molecule has 7 nitrogen and oxygen atoms in total. The predicted molar refractivity (Wildman–Crippen MR) is 98.4 cm³/mol. The number of carbonyl (C=O) groups is 1. The van der Waals surface area contributed by atoms with Gasteiger partial charge < -0.3 is 10.3 Å². The van der Waals surface area contributed by atoms with E-state index in [0.717, 1.165) is 15.3 Å². The second kappa shape index (κ2) is 6.97. The van der Waals surface area contributed by atoms with Gasteiger partial charge in [-0.05, 0) is 26.3 Å². The Balaban J connectivity index is 1.65. The fraction of sp³-hybridized carbons (Fsp3) is 0.375. The van der Waals surface area contributed by atoms with Crippen molar-refractivity contribution in [2.75, 3.05) is 6.54 Å². The van der Waals surface area contributed by atoms with Gasteiger partial charge in [0.25, 0.3) is 5.56 Å². The largest absolute Gasteiger partial charge is 0.354 e. The van der Waals surface area contributed by atoms with Crippen LogP contribution in [0.5, 0.6) is 0 Å². The minimum absolute atomic E-state index is 0.132. The molecule has 25 heavy (non-hydrogen) atoms. The van der Waals surface area contributed by atoms with Crippen molar-refractivity contribution in [3.8, 4) is 0 Å². The zero-order valence-electron chi connectivity index (χ0n) is 14.1. The highest BCUT2D eigenvalue weighted by molar-refractivity contribution is 7.18. The van der Waals surface area contributed by atoms with Crippen LogP contribution >= 0.6 is 22.9 Å². The highest BCUT2D eigenvalue weighted by atomic mass is 35.5. The molecule has 0 saturated heterocycles. The molecule has 9 heteroatoms. The number of aryl methyl sites for hydroxylation is 2. The molecule has 0 fully saturated rings. The van der Waals surface area contributed by atoms with Crippen molar-refractivity contribution >= 4 is 39.1 Å². The molecule has 132 valence electrons. The van der Waals surface area contributed by atoms with Gasteiger partial charge in [-0.15, -0.1) is 11.3 Å². The van der Waals surface area contributed by atoms with E-state index in [1.165, 1.54) is 22.2 Å². The summed E-state index contributed by atoms with van der Waals surface area (Å²) >= 11 is 7.32. The third-order valence-corrected chi connectivity index (χ3v) is 5.39. The Bertz CT molecular complexity index is 990.